The van der Waals surface area contributed by atoms with Gasteiger partial charge in [-0.1, -0.05) is 29.3 Å². The number of benzene rings is 1. The van der Waals surface area contributed by atoms with E-state index in [4.69, 9.17) is 27.9 Å². The van der Waals surface area contributed by atoms with Crippen molar-refractivity contribution in [1.29, 1.82) is 0 Å². The number of pyridine rings is 1. The maximum atomic E-state index is 10.9. The minimum atomic E-state index is -0.498. The Hall–Kier alpha value is -1.85. The van der Waals surface area contributed by atoms with Crippen molar-refractivity contribution in [3.8, 4) is 5.75 Å². The first-order valence-electron chi connectivity index (χ1n) is 5.66. The highest BCUT2D eigenvalue weighted by atomic mass is 35.5. The van der Waals surface area contributed by atoms with Crippen molar-refractivity contribution in [3.63, 3.8) is 0 Å². The maximum absolute atomic E-state index is 10.9. The summed E-state index contributed by atoms with van der Waals surface area (Å²) in [4.78, 5) is 14.5. The van der Waals surface area contributed by atoms with Gasteiger partial charge in [0.1, 0.15) is 11.8 Å². The predicted octanol–water partition coefficient (Wildman–Crippen LogP) is 4.18. The van der Waals surface area contributed by atoms with Crippen molar-refractivity contribution >= 4 is 28.9 Å². The molecule has 0 spiro atoms. The van der Waals surface area contributed by atoms with Gasteiger partial charge >= 0.3 is 5.69 Å². The standard InChI is InChI=1S/C13H10Cl2N2O3/c1-8-2-4-11(17(18)19)12(6-8)20-7-10-9(14)3-5-13(15)16-10/h2-6H,7H2,1H3. The van der Waals surface area contributed by atoms with Crippen LogP contribution in [-0.2, 0) is 6.61 Å². The molecule has 0 saturated carbocycles. The highest BCUT2D eigenvalue weighted by Crippen LogP contribution is 2.29. The van der Waals surface area contributed by atoms with E-state index in [2.05, 4.69) is 4.98 Å². The first-order valence-corrected chi connectivity index (χ1v) is 6.41. The summed E-state index contributed by atoms with van der Waals surface area (Å²) >= 11 is 11.7. The number of aromatic nitrogens is 1. The number of ether oxygens (including phenoxy) is 1. The third-order valence-electron chi connectivity index (χ3n) is 2.56. The molecule has 0 saturated heterocycles. The number of nitrogens with zero attached hydrogens (tertiary/aromatic N) is 2. The van der Waals surface area contributed by atoms with Crippen LogP contribution in [0.4, 0.5) is 5.69 Å². The van der Waals surface area contributed by atoms with Crippen molar-refractivity contribution in [1.82, 2.24) is 4.98 Å². The molecule has 0 radical (unpaired) electrons. The molecule has 0 N–H and O–H groups in total. The van der Waals surface area contributed by atoms with Gasteiger partial charge in [0, 0.05) is 6.07 Å². The van der Waals surface area contributed by atoms with E-state index in [0.717, 1.165) is 5.56 Å². The Balaban J connectivity index is 2.24. The molecule has 2 rings (SSSR count). The van der Waals surface area contributed by atoms with Crippen LogP contribution in [0.25, 0.3) is 0 Å². The average Bonchev–Trinajstić information content (AvgIpc) is 2.39. The maximum Gasteiger partial charge on any atom is 0.310 e. The van der Waals surface area contributed by atoms with Gasteiger partial charge in [0.15, 0.2) is 5.75 Å². The van der Waals surface area contributed by atoms with Gasteiger partial charge in [-0.2, -0.15) is 0 Å². The van der Waals surface area contributed by atoms with Crippen molar-refractivity contribution in [2.45, 2.75) is 13.5 Å². The van der Waals surface area contributed by atoms with Crippen LogP contribution in [-0.4, -0.2) is 9.91 Å². The van der Waals surface area contributed by atoms with Crippen LogP contribution in [0.3, 0.4) is 0 Å². The number of hydrogen-bond donors (Lipinski definition) is 0. The summed E-state index contributed by atoms with van der Waals surface area (Å²) in [5, 5.41) is 11.6. The fraction of sp³-hybridized carbons (Fsp3) is 0.154. The Bertz CT molecular complexity index is 662. The van der Waals surface area contributed by atoms with E-state index >= 15 is 0 Å². The second kappa shape index (κ2) is 6.07. The monoisotopic (exact) mass is 312 g/mol. The first kappa shape index (κ1) is 14.6. The zero-order valence-electron chi connectivity index (χ0n) is 10.5. The van der Waals surface area contributed by atoms with Gasteiger partial charge in [-0.05, 0) is 30.7 Å². The summed E-state index contributed by atoms with van der Waals surface area (Å²) in [5.74, 6) is 0.174. The topological polar surface area (TPSA) is 65.3 Å². The quantitative estimate of drug-likeness (QED) is 0.482. The van der Waals surface area contributed by atoms with E-state index in [9.17, 15) is 10.1 Å². The van der Waals surface area contributed by atoms with Crippen molar-refractivity contribution in [2.24, 2.45) is 0 Å². The Labute approximate surface area is 125 Å². The molecule has 0 aliphatic rings. The molecule has 0 aliphatic heterocycles. The first-order chi connectivity index (χ1) is 9.47. The van der Waals surface area contributed by atoms with Crippen LogP contribution in [0, 0.1) is 17.0 Å². The van der Waals surface area contributed by atoms with Crippen LogP contribution in [0.2, 0.25) is 10.2 Å². The molecule has 0 unspecified atom stereocenters. The van der Waals surface area contributed by atoms with Gasteiger partial charge < -0.3 is 4.74 Å². The van der Waals surface area contributed by atoms with Gasteiger partial charge in [0.25, 0.3) is 0 Å². The van der Waals surface area contributed by atoms with E-state index in [1.165, 1.54) is 6.07 Å². The SMILES string of the molecule is Cc1ccc([N+](=O)[O-])c(OCc2nc(Cl)ccc2Cl)c1. The van der Waals surface area contributed by atoms with E-state index in [1.807, 2.05) is 6.92 Å². The predicted molar refractivity (Wildman–Crippen MR) is 76.4 cm³/mol. The van der Waals surface area contributed by atoms with Gasteiger partial charge in [-0.3, -0.25) is 10.1 Å². The van der Waals surface area contributed by atoms with Gasteiger partial charge in [0.2, 0.25) is 0 Å². The lowest BCUT2D eigenvalue weighted by Crippen LogP contribution is -2.02. The average molecular weight is 313 g/mol. The lowest BCUT2D eigenvalue weighted by atomic mass is 10.2. The lowest BCUT2D eigenvalue weighted by Gasteiger charge is -2.08. The zero-order valence-corrected chi connectivity index (χ0v) is 12.0. The van der Waals surface area contributed by atoms with Crippen molar-refractivity contribution < 1.29 is 9.66 Å². The number of nitro groups is 1. The summed E-state index contributed by atoms with van der Waals surface area (Å²) < 4.78 is 5.45. The molecule has 0 amide bonds. The van der Waals surface area contributed by atoms with Crippen LogP contribution >= 0.6 is 23.2 Å². The molecule has 104 valence electrons. The molecular formula is C13H10Cl2N2O3. The molecule has 20 heavy (non-hydrogen) atoms. The van der Waals surface area contributed by atoms with E-state index in [-0.39, 0.29) is 23.2 Å². The fourth-order valence-electron chi connectivity index (χ4n) is 1.59. The smallest absolute Gasteiger partial charge is 0.310 e. The largest absolute Gasteiger partial charge is 0.480 e. The second-order valence-corrected chi connectivity index (χ2v) is 4.87. The van der Waals surface area contributed by atoms with Gasteiger partial charge in [-0.15, -0.1) is 0 Å². The fourth-order valence-corrected chi connectivity index (χ4v) is 1.92. The van der Waals surface area contributed by atoms with Crippen molar-refractivity contribution in [2.75, 3.05) is 0 Å². The number of nitro benzene ring substituents is 1. The summed E-state index contributed by atoms with van der Waals surface area (Å²) in [5.41, 5.74) is 1.18. The van der Waals surface area contributed by atoms with Gasteiger partial charge in [0.05, 0.1) is 15.6 Å². The molecule has 7 heteroatoms. The minimum Gasteiger partial charge on any atom is -0.480 e. The van der Waals surface area contributed by atoms with Gasteiger partial charge in [-0.25, -0.2) is 4.98 Å². The molecule has 0 bridgehead atoms. The summed E-state index contributed by atoms with van der Waals surface area (Å²) in [7, 11) is 0. The molecule has 2 aromatic rings. The third kappa shape index (κ3) is 3.37. The molecule has 0 fully saturated rings. The van der Waals surface area contributed by atoms with Crippen LogP contribution in [0.15, 0.2) is 30.3 Å². The highest BCUT2D eigenvalue weighted by molar-refractivity contribution is 6.32. The minimum absolute atomic E-state index is 0.00366. The lowest BCUT2D eigenvalue weighted by molar-refractivity contribution is -0.386. The van der Waals surface area contributed by atoms with Crippen LogP contribution < -0.4 is 4.74 Å². The zero-order chi connectivity index (χ0) is 14.7. The summed E-state index contributed by atoms with van der Waals surface area (Å²) in [6, 6.07) is 7.80. The number of halogens is 2. The van der Waals surface area contributed by atoms with Crippen LogP contribution in [0.1, 0.15) is 11.3 Å². The number of hydrogen-bond acceptors (Lipinski definition) is 4. The Morgan fingerprint density at radius 3 is 2.75 bits per heavy atom. The van der Waals surface area contributed by atoms with Crippen LogP contribution in [0.5, 0.6) is 5.75 Å². The Morgan fingerprint density at radius 2 is 2.05 bits per heavy atom. The highest BCUT2D eigenvalue weighted by Gasteiger charge is 2.15. The molecule has 0 atom stereocenters. The van der Waals surface area contributed by atoms with Crippen molar-refractivity contribution in [3.05, 3.63) is 61.9 Å². The van der Waals surface area contributed by atoms with E-state index in [0.29, 0.717) is 10.7 Å². The molecule has 1 heterocycles. The normalized spacial score (nSPS) is 10.3. The Morgan fingerprint density at radius 1 is 1.30 bits per heavy atom. The molecule has 1 aromatic carbocycles. The molecule has 0 aliphatic carbocycles. The third-order valence-corrected chi connectivity index (χ3v) is 3.12. The van der Waals surface area contributed by atoms with E-state index in [1.54, 1.807) is 24.3 Å². The molecular weight excluding hydrogens is 303 g/mol. The number of rotatable bonds is 4. The molecule has 5 nitrogen and oxygen atoms in total. The molecule has 1 aromatic heterocycles. The number of aryl methyl sites for hydroxylation is 1. The summed E-state index contributed by atoms with van der Waals surface area (Å²) in [6.07, 6.45) is 0. The summed E-state index contributed by atoms with van der Waals surface area (Å²) in [6.45, 7) is 1.82. The van der Waals surface area contributed by atoms with E-state index < -0.39 is 4.92 Å². The second-order valence-electron chi connectivity index (χ2n) is 4.08. The Kier molecular flexibility index (Phi) is 4.42.